The zero-order valence-electron chi connectivity index (χ0n) is 11.4. The Morgan fingerprint density at radius 1 is 1.29 bits per heavy atom. The van der Waals surface area contributed by atoms with E-state index in [1.807, 2.05) is 24.3 Å². The van der Waals surface area contributed by atoms with Gasteiger partial charge in [-0.05, 0) is 12.1 Å². The quantitative estimate of drug-likeness (QED) is 0.789. The number of nitrogens with one attached hydrogen (secondary N) is 1. The number of fused-ring (bicyclic) bond motifs is 1. The number of hydrogen-bond acceptors (Lipinski definition) is 7. The summed E-state index contributed by atoms with van der Waals surface area (Å²) in [4.78, 5) is 9.29. The van der Waals surface area contributed by atoms with Gasteiger partial charge in [0.15, 0.2) is 0 Å². The van der Waals surface area contributed by atoms with Gasteiger partial charge < -0.3 is 4.98 Å². The Morgan fingerprint density at radius 2 is 2.05 bits per heavy atom. The normalized spacial score (nSPS) is 11.9. The molecule has 21 heavy (non-hydrogen) atoms. The molecule has 0 spiro atoms. The number of nitrogens with zero attached hydrogens (tertiary/aromatic N) is 4. The molecule has 0 aliphatic rings. The third-order valence-electron chi connectivity index (χ3n) is 3.02. The Morgan fingerprint density at radius 3 is 2.76 bits per heavy atom. The first kappa shape index (κ1) is 14.0. The highest BCUT2D eigenvalue weighted by atomic mass is 32.2. The van der Waals surface area contributed by atoms with Crippen molar-refractivity contribution >= 4 is 43.3 Å². The smallest absolute Gasteiger partial charge is 0.234 e. The van der Waals surface area contributed by atoms with Crippen LogP contribution in [0.3, 0.4) is 0 Å². The SMILES string of the molecule is CCS(=O)(=O)c1nnc(N(C)c2nc3ccccc3[nH]2)s1. The summed E-state index contributed by atoms with van der Waals surface area (Å²) < 4.78 is 23.6. The third kappa shape index (κ3) is 2.49. The Bertz CT molecular complexity index is 851. The molecule has 0 amide bonds. The number of aromatic amines is 1. The lowest BCUT2D eigenvalue weighted by Crippen LogP contribution is -2.10. The minimum atomic E-state index is -3.33. The summed E-state index contributed by atoms with van der Waals surface area (Å²) in [6, 6.07) is 7.65. The van der Waals surface area contributed by atoms with Crippen LogP contribution in [0.5, 0.6) is 0 Å². The second-order valence-corrected chi connectivity index (χ2v) is 7.80. The maximum atomic E-state index is 11.8. The topological polar surface area (TPSA) is 91.8 Å². The van der Waals surface area contributed by atoms with Gasteiger partial charge in [-0.3, -0.25) is 4.90 Å². The summed E-state index contributed by atoms with van der Waals surface area (Å²) >= 11 is 1.03. The fourth-order valence-corrected chi connectivity index (χ4v) is 3.82. The number of H-pyrrole nitrogens is 1. The molecule has 0 bridgehead atoms. The standard InChI is InChI=1S/C12H13N5O2S2/c1-3-21(18,19)12-16-15-11(20-12)17(2)10-13-8-6-4-5-7-9(8)14-10/h4-7H,3H2,1-2H3,(H,13,14). The van der Waals surface area contributed by atoms with Gasteiger partial charge in [-0.25, -0.2) is 13.4 Å². The van der Waals surface area contributed by atoms with E-state index in [1.165, 1.54) is 0 Å². The first-order valence-corrected chi connectivity index (χ1v) is 8.73. The molecule has 0 unspecified atom stereocenters. The number of benzene rings is 1. The molecular weight excluding hydrogens is 310 g/mol. The summed E-state index contributed by atoms with van der Waals surface area (Å²) in [5.41, 5.74) is 1.75. The highest BCUT2D eigenvalue weighted by Crippen LogP contribution is 2.28. The summed E-state index contributed by atoms with van der Waals surface area (Å²) in [6.45, 7) is 1.58. The van der Waals surface area contributed by atoms with E-state index in [-0.39, 0.29) is 10.1 Å². The lowest BCUT2D eigenvalue weighted by Gasteiger charge is -2.10. The zero-order valence-corrected chi connectivity index (χ0v) is 13.1. The van der Waals surface area contributed by atoms with Crippen molar-refractivity contribution in [2.75, 3.05) is 17.7 Å². The Hall–Kier alpha value is -2.00. The van der Waals surface area contributed by atoms with Crippen molar-refractivity contribution in [3.05, 3.63) is 24.3 Å². The minimum absolute atomic E-state index is 0.00991. The average Bonchev–Trinajstić information content (AvgIpc) is 3.13. The number of para-hydroxylation sites is 2. The molecule has 0 fully saturated rings. The highest BCUT2D eigenvalue weighted by Gasteiger charge is 2.21. The molecule has 1 aromatic carbocycles. The van der Waals surface area contributed by atoms with Crippen LogP contribution in [0.25, 0.3) is 11.0 Å². The number of anilines is 2. The number of imidazole rings is 1. The van der Waals surface area contributed by atoms with Crippen molar-refractivity contribution < 1.29 is 8.42 Å². The van der Waals surface area contributed by atoms with Gasteiger partial charge in [-0.2, -0.15) is 0 Å². The molecule has 110 valence electrons. The van der Waals surface area contributed by atoms with Crippen LogP contribution < -0.4 is 4.90 Å². The fourth-order valence-electron chi connectivity index (χ4n) is 1.78. The van der Waals surface area contributed by atoms with E-state index in [9.17, 15) is 8.42 Å². The molecule has 0 atom stereocenters. The second-order valence-electron chi connectivity index (χ2n) is 4.39. The van der Waals surface area contributed by atoms with Gasteiger partial charge in [-0.15, -0.1) is 10.2 Å². The molecule has 7 nitrogen and oxygen atoms in total. The van der Waals surface area contributed by atoms with Gasteiger partial charge in [-0.1, -0.05) is 30.4 Å². The number of hydrogen-bond donors (Lipinski definition) is 1. The Balaban J connectivity index is 1.97. The number of sulfone groups is 1. The van der Waals surface area contributed by atoms with Crippen LogP contribution in [-0.2, 0) is 9.84 Å². The van der Waals surface area contributed by atoms with E-state index >= 15 is 0 Å². The summed E-state index contributed by atoms with van der Waals surface area (Å²) in [7, 11) is -1.57. The Labute approximate surface area is 125 Å². The maximum absolute atomic E-state index is 11.8. The van der Waals surface area contributed by atoms with Crippen LogP contribution in [0.4, 0.5) is 11.1 Å². The first-order valence-electron chi connectivity index (χ1n) is 6.26. The predicted molar refractivity (Wildman–Crippen MR) is 81.8 cm³/mol. The summed E-state index contributed by atoms with van der Waals surface area (Å²) in [5, 5.41) is 8.16. The van der Waals surface area contributed by atoms with Crippen molar-refractivity contribution in [3.8, 4) is 0 Å². The molecule has 0 aliphatic heterocycles. The van der Waals surface area contributed by atoms with E-state index in [2.05, 4.69) is 20.2 Å². The van der Waals surface area contributed by atoms with Crippen molar-refractivity contribution in [1.29, 1.82) is 0 Å². The van der Waals surface area contributed by atoms with Gasteiger partial charge in [0.25, 0.3) is 0 Å². The van der Waals surface area contributed by atoms with Gasteiger partial charge >= 0.3 is 0 Å². The maximum Gasteiger partial charge on any atom is 0.234 e. The van der Waals surface area contributed by atoms with Crippen molar-refractivity contribution in [2.45, 2.75) is 11.3 Å². The van der Waals surface area contributed by atoms with Gasteiger partial charge in [0.2, 0.25) is 25.3 Å². The largest absolute Gasteiger partial charge is 0.324 e. The monoisotopic (exact) mass is 323 g/mol. The minimum Gasteiger partial charge on any atom is -0.324 e. The van der Waals surface area contributed by atoms with Gasteiger partial charge in [0.1, 0.15) is 0 Å². The van der Waals surface area contributed by atoms with Crippen molar-refractivity contribution in [2.24, 2.45) is 0 Å². The van der Waals surface area contributed by atoms with Gasteiger partial charge in [0.05, 0.1) is 16.8 Å². The van der Waals surface area contributed by atoms with E-state index in [4.69, 9.17) is 0 Å². The van der Waals surface area contributed by atoms with E-state index in [1.54, 1.807) is 18.9 Å². The molecule has 0 radical (unpaired) electrons. The predicted octanol–water partition coefficient (Wildman–Crippen LogP) is 1.98. The van der Waals surface area contributed by atoms with Crippen LogP contribution in [0, 0.1) is 0 Å². The average molecular weight is 323 g/mol. The molecule has 0 saturated heterocycles. The lowest BCUT2D eigenvalue weighted by atomic mass is 10.3. The first-order chi connectivity index (χ1) is 10.0. The fraction of sp³-hybridized carbons (Fsp3) is 0.250. The van der Waals surface area contributed by atoms with Crippen molar-refractivity contribution in [3.63, 3.8) is 0 Å². The molecule has 0 aliphatic carbocycles. The Kier molecular flexibility index (Phi) is 3.38. The zero-order chi connectivity index (χ0) is 15.0. The summed E-state index contributed by atoms with van der Waals surface area (Å²) in [5.74, 6) is 0.600. The van der Waals surface area contributed by atoms with Crippen LogP contribution >= 0.6 is 11.3 Å². The van der Waals surface area contributed by atoms with E-state index in [0.29, 0.717) is 11.1 Å². The summed E-state index contributed by atoms with van der Waals surface area (Å²) in [6.07, 6.45) is 0. The molecule has 2 aromatic heterocycles. The molecule has 2 heterocycles. The molecule has 9 heteroatoms. The molecule has 3 aromatic rings. The molecule has 3 rings (SSSR count). The van der Waals surface area contributed by atoms with Crippen LogP contribution in [0.2, 0.25) is 0 Å². The molecule has 0 saturated carbocycles. The van der Waals surface area contributed by atoms with Crippen molar-refractivity contribution in [1.82, 2.24) is 20.2 Å². The van der Waals surface area contributed by atoms with Gasteiger partial charge in [0, 0.05) is 7.05 Å². The lowest BCUT2D eigenvalue weighted by molar-refractivity contribution is 0.595. The number of rotatable bonds is 4. The second kappa shape index (κ2) is 5.08. The van der Waals surface area contributed by atoms with E-state index < -0.39 is 9.84 Å². The number of aromatic nitrogens is 4. The third-order valence-corrected chi connectivity index (χ3v) is 6.20. The van der Waals surface area contributed by atoms with Crippen LogP contribution in [0.15, 0.2) is 28.6 Å². The van der Waals surface area contributed by atoms with Crippen LogP contribution in [-0.4, -0.2) is 41.4 Å². The van der Waals surface area contributed by atoms with E-state index in [0.717, 1.165) is 22.4 Å². The molecule has 1 N–H and O–H groups in total. The van der Waals surface area contributed by atoms with Crippen LogP contribution in [0.1, 0.15) is 6.92 Å². The molecular formula is C12H13N5O2S2. The highest BCUT2D eigenvalue weighted by molar-refractivity contribution is 7.93.